The topological polar surface area (TPSA) is 87.3 Å². The molecule has 236 valence electrons. The van der Waals surface area contributed by atoms with Crippen LogP contribution < -0.4 is 16.0 Å². The van der Waals surface area contributed by atoms with E-state index < -0.39 is 17.1 Å². The summed E-state index contributed by atoms with van der Waals surface area (Å²) in [5.74, 6) is -1.06. The third-order valence-corrected chi connectivity index (χ3v) is 9.13. The van der Waals surface area contributed by atoms with Gasteiger partial charge in [0, 0.05) is 26.3 Å². The Kier molecular flexibility index (Phi) is 10.4. The summed E-state index contributed by atoms with van der Waals surface area (Å²) in [4.78, 5) is 41.3. The lowest BCUT2D eigenvalue weighted by atomic mass is 10.1. The van der Waals surface area contributed by atoms with Gasteiger partial charge in [-0.25, -0.2) is 0 Å². The zero-order valence-corrected chi connectivity index (χ0v) is 28.0. The van der Waals surface area contributed by atoms with Crippen LogP contribution in [0, 0.1) is 0 Å². The smallest absolute Gasteiger partial charge is 0.272 e. The number of hydrogen-bond donors (Lipinski definition) is 3. The highest BCUT2D eigenvalue weighted by Gasteiger charge is 2.23. The molecule has 6 aromatic carbocycles. The summed E-state index contributed by atoms with van der Waals surface area (Å²) in [5.41, 5.74) is 3.31. The number of amides is 3. The van der Waals surface area contributed by atoms with Gasteiger partial charge in [-0.05, 0) is 82.6 Å². The fourth-order valence-corrected chi connectivity index (χ4v) is 6.56. The van der Waals surface area contributed by atoms with Crippen molar-refractivity contribution >= 4 is 73.6 Å². The maximum absolute atomic E-state index is 13.8. The van der Waals surface area contributed by atoms with Gasteiger partial charge in [-0.1, -0.05) is 113 Å². The molecule has 3 amide bonds. The molecule has 0 fully saturated rings. The van der Waals surface area contributed by atoms with Crippen molar-refractivity contribution < 1.29 is 14.4 Å². The molecule has 0 aliphatic heterocycles. The number of anilines is 2. The second-order valence-corrected chi connectivity index (χ2v) is 13.0. The summed E-state index contributed by atoms with van der Waals surface area (Å²) >= 11 is 4.85. The van der Waals surface area contributed by atoms with Crippen molar-refractivity contribution in [1.82, 2.24) is 5.32 Å². The fourth-order valence-electron chi connectivity index (χ4n) is 5.06. The molecule has 0 heterocycles. The van der Waals surface area contributed by atoms with Crippen LogP contribution in [-0.4, -0.2) is 17.7 Å². The minimum absolute atomic E-state index is 0.0805. The summed E-state index contributed by atoms with van der Waals surface area (Å²) < 4.78 is 0.841. The van der Waals surface area contributed by atoms with E-state index in [2.05, 4.69) is 31.9 Å². The van der Waals surface area contributed by atoms with Crippen LogP contribution in [0.25, 0.3) is 16.8 Å². The van der Waals surface area contributed by atoms with Crippen molar-refractivity contribution in [3.63, 3.8) is 0 Å². The number of carbonyl (C=O) groups is 3. The monoisotopic (exact) mass is 711 g/mol. The standard InChI is InChI=1S/C40H30BrN3O3S/c41-32-18-9-11-27(23-32)24-36(44-38(45)30-15-5-2-6-16-30)39(46)42-33-19-10-20-35(26-33)48-37(29-13-3-1-4-14-29)40(47)43-34-22-21-28-12-7-8-17-31(28)25-34/h1-26,37H,(H,42,46)(H,43,47)(H,44,45)/b36-24+. The molecule has 8 heteroatoms. The summed E-state index contributed by atoms with van der Waals surface area (Å²) in [6.07, 6.45) is 1.63. The van der Waals surface area contributed by atoms with Crippen molar-refractivity contribution in [3.8, 4) is 0 Å². The van der Waals surface area contributed by atoms with E-state index in [9.17, 15) is 14.4 Å². The van der Waals surface area contributed by atoms with Crippen LogP contribution >= 0.6 is 27.7 Å². The Labute approximate surface area is 291 Å². The van der Waals surface area contributed by atoms with Gasteiger partial charge in [0.1, 0.15) is 10.9 Å². The number of nitrogens with one attached hydrogen (secondary N) is 3. The van der Waals surface area contributed by atoms with Crippen LogP contribution in [0.15, 0.2) is 167 Å². The van der Waals surface area contributed by atoms with Gasteiger partial charge in [0.2, 0.25) is 5.91 Å². The average molecular weight is 713 g/mol. The highest BCUT2D eigenvalue weighted by Crippen LogP contribution is 2.37. The molecule has 48 heavy (non-hydrogen) atoms. The third kappa shape index (κ3) is 8.47. The lowest BCUT2D eigenvalue weighted by Gasteiger charge is -2.18. The lowest BCUT2D eigenvalue weighted by molar-refractivity contribution is -0.116. The summed E-state index contributed by atoms with van der Waals surface area (Å²) in [5, 5.41) is 10.4. The molecule has 1 atom stereocenters. The summed E-state index contributed by atoms with van der Waals surface area (Å²) in [6.45, 7) is 0. The predicted molar refractivity (Wildman–Crippen MR) is 199 cm³/mol. The molecule has 0 bridgehead atoms. The molecule has 0 aromatic heterocycles. The number of fused-ring (bicyclic) bond motifs is 1. The van der Waals surface area contributed by atoms with Crippen molar-refractivity contribution in [2.45, 2.75) is 10.1 Å². The third-order valence-electron chi connectivity index (χ3n) is 7.39. The Hall–Kier alpha value is -5.44. The Balaban J connectivity index is 1.23. The zero-order valence-electron chi connectivity index (χ0n) is 25.6. The second kappa shape index (κ2) is 15.4. The molecule has 0 saturated carbocycles. The van der Waals surface area contributed by atoms with E-state index in [-0.39, 0.29) is 11.6 Å². The Morgan fingerprint density at radius 3 is 2.08 bits per heavy atom. The van der Waals surface area contributed by atoms with Crippen LogP contribution in [0.1, 0.15) is 26.7 Å². The molecule has 6 rings (SSSR count). The van der Waals surface area contributed by atoms with Crippen LogP contribution in [-0.2, 0) is 9.59 Å². The molecular weight excluding hydrogens is 682 g/mol. The Morgan fingerprint density at radius 1 is 0.625 bits per heavy atom. The first-order valence-electron chi connectivity index (χ1n) is 15.2. The maximum atomic E-state index is 13.8. The fraction of sp³-hybridized carbons (Fsp3) is 0.0250. The average Bonchev–Trinajstić information content (AvgIpc) is 3.11. The van der Waals surface area contributed by atoms with Gasteiger partial charge in [0.25, 0.3) is 11.8 Å². The molecule has 0 aliphatic rings. The van der Waals surface area contributed by atoms with Gasteiger partial charge in [-0.2, -0.15) is 0 Å². The highest BCUT2D eigenvalue weighted by molar-refractivity contribution is 9.10. The van der Waals surface area contributed by atoms with Crippen molar-refractivity contribution in [3.05, 3.63) is 179 Å². The first-order valence-corrected chi connectivity index (χ1v) is 16.8. The Bertz CT molecular complexity index is 2120. The number of hydrogen-bond acceptors (Lipinski definition) is 4. The molecule has 3 N–H and O–H groups in total. The van der Waals surface area contributed by atoms with E-state index in [4.69, 9.17) is 0 Å². The number of halogens is 1. The predicted octanol–water partition coefficient (Wildman–Crippen LogP) is 9.48. The first kappa shape index (κ1) is 32.5. The van der Waals surface area contributed by atoms with Crippen LogP contribution in [0.3, 0.4) is 0 Å². The van der Waals surface area contributed by atoms with E-state index in [1.807, 2.05) is 121 Å². The SMILES string of the molecule is O=C(Nc1cccc(SC(C(=O)Nc2ccc3ccccc3c2)c2ccccc2)c1)/C(=C\c1cccc(Br)c1)NC(=O)c1ccccc1. The summed E-state index contributed by atoms with van der Waals surface area (Å²) in [7, 11) is 0. The summed E-state index contributed by atoms with van der Waals surface area (Å²) in [6, 6.07) is 46.9. The van der Waals surface area contributed by atoms with Crippen LogP contribution in [0.4, 0.5) is 11.4 Å². The number of carbonyl (C=O) groups excluding carboxylic acids is 3. The highest BCUT2D eigenvalue weighted by atomic mass is 79.9. The van der Waals surface area contributed by atoms with Crippen molar-refractivity contribution in [1.29, 1.82) is 0 Å². The van der Waals surface area contributed by atoms with Gasteiger partial charge in [-0.15, -0.1) is 11.8 Å². The molecule has 6 aromatic rings. The zero-order chi connectivity index (χ0) is 33.3. The lowest BCUT2D eigenvalue weighted by Crippen LogP contribution is -2.30. The molecule has 1 unspecified atom stereocenters. The van der Waals surface area contributed by atoms with E-state index in [1.165, 1.54) is 11.8 Å². The minimum Gasteiger partial charge on any atom is -0.325 e. The van der Waals surface area contributed by atoms with E-state index in [0.29, 0.717) is 16.9 Å². The molecule has 0 saturated heterocycles. The minimum atomic E-state index is -0.569. The first-order chi connectivity index (χ1) is 23.4. The van der Waals surface area contributed by atoms with Crippen molar-refractivity contribution in [2.75, 3.05) is 10.6 Å². The van der Waals surface area contributed by atoms with E-state index in [0.717, 1.165) is 31.3 Å². The number of thioether (sulfide) groups is 1. The van der Waals surface area contributed by atoms with Gasteiger partial charge >= 0.3 is 0 Å². The van der Waals surface area contributed by atoms with Gasteiger partial charge in [0.05, 0.1) is 0 Å². The number of benzene rings is 6. The van der Waals surface area contributed by atoms with Crippen LogP contribution in [0.5, 0.6) is 0 Å². The van der Waals surface area contributed by atoms with E-state index >= 15 is 0 Å². The second-order valence-electron chi connectivity index (χ2n) is 10.9. The molecule has 6 nitrogen and oxygen atoms in total. The molecular formula is C40H30BrN3O3S. The van der Waals surface area contributed by atoms with Crippen molar-refractivity contribution in [2.24, 2.45) is 0 Å². The molecule has 0 spiro atoms. The largest absolute Gasteiger partial charge is 0.325 e. The Morgan fingerprint density at radius 2 is 1.31 bits per heavy atom. The maximum Gasteiger partial charge on any atom is 0.272 e. The van der Waals surface area contributed by atoms with Gasteiger partial charge in [-0.3, -0.25) is 14.4 Å². The van der Waals surface area contributed by atoms with Gasteiger partial charge in [0.15, 0.2) is 0 Å². The molecule has 0 aliphatic carbocycles. The normalized spacial score (nSPS) is 11.8. The van der Waals surface area contributed by atoms with Gasteiger partial charge < -0.3 is 16.0 Å². The van der Waals surface area contributed by atoms with Crippen LogP contribution in [0.2, 0.25) is 0 Å². The molecule has 0 radical (unpaired) electrons. The quantitative estimate of drug-likeness (QED) is 0.0976. The van der Waals surface area contributed by atoms with E-state index in [1.54, 1.807) is 36.4 Å². The number of rotatable bonds is 10.